The monoisotopic (exact) mass is 311 g/mol. The molecule has 10 nitrogen and oxygen atoms in total. The zero-order chi connectivity index (χ0) is 16.1. The van der Waals surface area contributed by atoms with E-state index in [2.05, 4.69) is 15.6 Å². The number of amides is 2. The molecule has 1 aromatic heterocycles. The molecule has 1 aliphatic heterocycles. The number of ether oxygens (including phenoxy) is 1. The van der Waals surface area contributed by atoms with Crippen LogP contribution in [-0.4, -0.2) is 68.6 Å². The zero-order valence-corrected chi connectivity index (χ0v) is 12.1. The van der Waals surface area contributed by atoms with Gasteiger partial charge in [0.25, 0.3) is 0 Å². The summed E-state index contributed by atoms with van der Waals surface area (Å²) in [7, 11) is 0. The van der Waals surface area contributed by atoms with Gasteiger partial charge in [-0.15, -0.1) is 5.10 Å². The van der Waals surface area contributed by atoms with E-state index in [-0.39, 0.29) is 37.3 Å². The van der Waals surface area contributed by atoms with Crippen molar-refractivity contribution >= 4 is 23.6 Å². The van der Waals surface area contributed by atoms with Crippen molar-refractivity contribution in [3.63, 3.8) is 0 Å². The first-order valence-electron chi connectivity index (χ1n) is 6.81. The predicted octanol–water partition coefficient (Wildman–Crippen LogP) is -1.06. The number of morpholine rings is 1. The Morgan fingerprint density at radius 1 is 1.50 bits per heavy atom. The number of hydrogen-bond donors (Lipinski definition) is 2. The Morgan fingerprint density at radius 2 is 2.27 bits per heavy atom. The van der Waals surface area contributed by atoms with Gasteiger partial charge in [0.2, 0.25) is 11.8 Å². The fourth-order valence-electron chi connectivity index (χ4n) is 1.93. The molecule has 2 heterocycles. The smallest absolute Gasteiger partial charge is 0.334 e. The number of nitrogens with one attached hydrogen (secondary N) is 1. The summed E-state index contributed by atoms with van der Waals surface area (Å²) in [5.74, 6) is -1.31. The molecule has 22 heavy (non-hydrogen) atoms. The largest absolute Gasteiger partial charge is 0.479 e. The van der Waals surface area contributed by atoms with E-state index in [4.69, 9.17) is 9.84 Å². The Kier molecular flexibility index (Phi) is 5.04. The molecule has 1 aliphatic rings. The van der Waals surface area contributed by atoms with Gasteiger partial charge in [-0.25, -0.2) is 9.48 Å². The van der Waals surface area contributed by atoms with Crippen LogP contribution in [0.1, 0.15) is 13.3 Å². The van der Waals surface area contributed by atoms with Crippen LogP contribution >= 0.6 is 0 Å². The van der Waals surface area contributed by atoms with E-state index in [1.54, 1.807) is 6.92 Å². The number of carbonyl (C=O) groups excluding carboxylic acids is 2. The summed E-state index contributed by atoms with van der Waals surface area (Å²) >= 11 is 0. The SMILES string of the molecule is CCC(=O)Nc1cn(CC(=O)N2CCOC(C(=O)O)C2)nn1. The van der Waals surface area contributed by atoms with Crippen LogP contribution < -0.4 is 5.32 Å². The van der Waals surface area contributed by atoms with Crippen LogP contribution in [0, 0.1) is 0 Å². The van der Waals surface area contributed by atoms with Gasteiger partial charge in [0.1, 0.15) is 6.54 Å². The fourth-order valence-corrected chi connectivity index (χ4v) is 1.93. The van der Waals surface area contributed by atoms with E-state index in [0.29, 0.717) is 13.0 Å². The van der Waals surface area contributed by atoms with Crippen LogP contribution in [0.25, 0.3) is 0 Å². The minimum Gasteiger partial charge on any atom is -0.479 e. The quantitative estimate of drug-likeness (QED) is 0.709. The summed E-state index contributed by atoms with van der Waals surface area (Å²) in [5.41, 5.74) is 0. The Morgan fingerprint density at radius 3 is 2.95 bits per heavy atom. The lowest BCUT2D eigenvalue weighted by Gasteiger charge is -2.30. The minimum atomic E-state index is -1.09. The van der Waals surface area contributed by atoms with Crippen molar-refractivity contribution in [2.24, 2.45) is 0 Å². The topological polar surface area (TPSA) is 127 Å². The highest BCUT2D eigenvalue weighted by molar-refractivity contribution is 5.89. The fraction of sp³-hybridized carbons (Fsp3) is 0.583. The Hall–Kier alpha value is -2.49. The lowest BCUT2D eigenvalue weighted by Crippen LogP contribution is -2.49. The van der Waals surface area contributed by atoms with Crippen LogP contribution in [0.2, 0.25) is 0 Å². The number of hydrogen-bond acceptors (Lipinski definition) is 6. The third kappa shape index (κ3) is 4.01. The first kappa shape index (κ1) is 15.9. The van der Waals surface area contributed by atoms with Gasteiger partial charge in [-0.3, -0.25) is 9.59 Å². The van der Waals surface area contributed by atoms with Crippen LogP contribution in [0.15, 0.2) is 6.20 Å². The molecule has 0 spiro atoms. The van der Waals surface area contributed by atoms with Crippen LogP contribution in [0.4, 0.5) is 5.82 Å². The van der Waals surface area contributed by atoms with Gasteiger partial charge in [-0.1, -0.05) is 12.1 Å². The van der Waals surface area contributed by atoms with Crippen LogP contribution in [0.3, 0.4) is 0 Å². The molecule has 120 valence electrons. The summed E-state index contributed by atoms with van der Waals surface area (Å²) in [6.07, 6.45) is 0.754. The van der Waals surface area contributed by atoms with Gasteiger partial charge in [0.05, 0.1) is 19.3 Å². The maximum atomic E-state index is 12.1. The number of nitrogens with zero attached hydrogens (tertiary/aromatic N) is 4. The summed E-state index contributed by atoms with van der Waals surface area (Å²) in [6.45, 7) is 2.14. The summed E-state index contributed by atoms with van der Waals surface area (Å²) < 4.78 is 6.35. The Bertz CT molecular complexity index is 572. The van der Waals surface area contributed by atoms with E-state index in [0.717, 1.165) is 0 Å². The molecule has 2 N–H and O–H groups in total. The molecule has 1 aromatic rings. The van der Waals surface area contributed by atoms with E-state index in [9.17, 15) is 14.4 Å². The van der Waals surface area contributed by atoms with Gasteiger partial charge < -0.3 is 20.1 Å². The third-order valence-electron chi connectivity index (χ3n) is 3.12. The highest BCUT2D eigenvalue weighted by Crippen LogP contribution is 2.07. The van der Waals surface area contributed by atoms with Crippen molar-refractivity contribution in [2.75, 3.05) is 25.0 Å². The van der Waals surface area contributed by atoms with E-state index >= 15 is 0 Å². The van der Waals surface area contributed by atoms with Crippen molar-refractivity contribution in [3.05, 3.63) is 6.20 Å². The molecule has 1 unspecified atom stereocenters. The first-order chi connectivity index (χ1) is 10.5. The van der Waals surface area contributed by atoms with Gasteiger partial charge in [-0.2, -0.15) is 0 Å². The average molecular weight is 311 g/mol. The number of carboxylic acids is 1. The second-order valence-electron chi connectivity index (χ2n) is 4.74. The lowest BCUT2D eigenvalue weighted by molar-refractivity contribution is -0.159. The summed E-state index contributed by atoms with van der Waals surface area (Å²) in [4.78, 5) is 35.6. The van der Waals surface area contributed by atoms with Gasteiger partial charge in [0.15, 0.2) is 11.9 Å². The predicted molar refractivity (Wildman–Crippen MR) is 72.9 cm³/mol. The number of rotatable bonds is 5. The number of anilines is 1. The molecule has 10 heteroatoms. The molecule has 1 saturated heterocycles. The number of carboxylic acid groups (broad SMARTS) is 1. The first-order valence-corrected chi connectivity index (χ1v) is 6.81. The normalized spacial score (nSPS) is 18.0. The molecule has 2 amide bonds. The molecule has 0 saturated carbocycles. The Labute approximate surface area is 126 Å². The molecule has 0 bridgehead atoms. The highest BCUT2D eigenvalue weighted by Gasteiger charge is 2.29. The van der Waals surface area contributed by atoms with Crippen LogP contribution in [-0.2, 0) is 25.7 Å². The van der Waals surface area contributed by atoms with Gasteiger partial charge in [-0.05, 0) is 0 Å². The number of aliphatic carboxylic acids is 1. The van der Waals surface area contributed by atoms with E-state index in [1.165, 1.54) is 15.8 Å². The summed E-state index contributed by atoms with van der Waals surface area (Å²) in [6, 6.07) is 0. The van der Waals surface area contributed by atoms with Crippen molar-refractivity contribution in [2.45, 2.75) is 26.0 Å². The van der Waals surface area contributed by atoms with Crippen molar-refractivity contribution in [1.29, 1.82) is 0 Å². The number of aromatic nitrogens is 3. The van der Waals surface area contributed by atoms with Gasteiger partial charge >= 0.3 is 5.97 Å². The van der Waals surface area contributed by atoms with Crippen molar-refractivity contribution in [1.82, 2.24) is 19.9 Å². The Balaban J connectivity index is 1.91. The number of carbonyl (C=O) groups is 3. The summed E-state index contributed by atoms with van der Waals surface area (Å²) in [5, 5.41) is 18.9. The molecule has 1 fully saturated rings. The maximum Gasteiger partial charge on any atom is 0.334 e. The van der Waals surface area contributed by atoms with E-state index in [1.807, 2.05) is 0 Å². The van der Waals surface area contributed by atoms with E-state index < -0.39 is 12.1 Å². The van der Waals surface area contributed by atoms with Crippen molar-refractivity contribution in [3.8, 4) is 0 Å². The third-order valence-corrected chi connectivity index (χ3v) is 3.12. The zero-order valence-electron chi connectivity index (χ0n) is 12.1. The lowest BCUT2D eigenvalue weighted by atomic mass is 10.2. The minimum absolute atomic E-state index is 0.00227. The van der Waals surface area contributed by atoms with Crippen LogP contribution in [0.5, 0.6) is 0 Å². The molecule has 0 aliphatic carbocycles. The molecule has 0 aromatic carbocycles. The standard InChI is InChI=1S/C12H17N5O5/c1-2-10(18)13-9-6-17(15-14-9)7-11(19)16-3-4-22-8(5-16)12(20)21/h6,8H,2-5,7H2,1H3,(H,13,18)(H,20,21). The average Bonchev–Trinajstić information content (AvgIpc) is 2.94. The molecular weight excluding hydrogens is 294 g/mol. The molecule has 0 radical (unpaired) electrons. The second-order valence-corrected chi connectivity index (χ2v) is 4.74. The van der Waals surface area contributed by atoms with Crippen molar-refractivity contribution < 1.29 is 24.2 Å². The highest BCUT2D eigenvalue weighted by atomic mass is 16.5. The maximum absolute atomic E-state index is 12.1. The molecule has 1 atom stereocenters. The van der Waals surface area contributed by atoms with Gasteiger partial charge in [0, 0.05) is 13.0 Å². The second kappa shape index (κ2) is 6.98. The molecule has 2 rings (SSSR count). The molecular formula is C12H17N5O5.